The smallest absolute Gasteiger partial charge is 0.246 e. The Morgan fingerprint density at radius 3 is 2.73 bits per heavy atom. The Kier molecular flexibility index (Phi) is 2.66. The van der Waals surface area contributed by atoms with Gasteiger partial charge in [0.05, 0.1) is 6.61 Å². The number of hydrogen-bond donors (Lipinski definition) is 2. The summed E-state index contributed by atoms with van der Waals surface area (Å²) in [5.74, 6) is 0.784. The lowest BCUT2D eigenvalue weighted by Crippen LogP contribution is -2.14. The van der Waals surface area contributed by atoms with Gasteiger partial charge in [-0.3, -0.25) is 0 Å². The first-order chi connectivity index (χ1) is 7.31. The van der Waals surface area contributed by atoms with E-state index in [9.17, 15) is 0 Å². The molecule has 2 aromatic heterocycles. The van der Waals surface area contributed by atoms with E-state index in [1.807, 2.05) is 0 Å². The van der Waals surface area contributed by atoms with Crippen molar-refractivity contribution in [3.63, 3.8) is 0 Å². The molecular formula is C8H9N5O2. The average molecular weight is 207 g/mol. The van der Waals surface area contributed by atoms with Crippen LogP contribution in [0, 0.1) is 0 Å². The lowest BCUT2D eigenvalue weighted by atomic mass is 10.3. The van der Waals surface area contributed by atoms with Crippen LogP contribution in [-0.2, 0) is 0 Å². The third-order valence-electron chi connectivity index (χ3n) is 1.72. The summed E-state index contributed by atoms with van der Waals surface area (Å²) in [5, 5.41) is 12.4. The molecule has 7 heteroatoms. The molecule has 0 amide bonds. The summed E-state index contributed by atoms with van der Waals surface area (Å²) in [4.78, 5) is 11.9. The molecule has 2 rings (SSSR count). The standard InChI is InChI=1S/C8H9N5O2/c9-5(4-14)8-12-7(13-15-8)6-10-2-1-3-11-6/h1-3,5,14H,4,9H2. The van der Waals surface area contributed by atoms with Crippen LogP contribution in [0.4, 0.5) is 0 Å². The normalized spacial score (nSPS) is 12.7. The van der Waals surface area contributed by atoms with Crippen LogP contribution < -0.4 is 5.73 Å². The van der Waals surface area contributed by atoms with E-state index >= 15 is 0 Å². The van der Waals surface area contributed by atoms with E-state index in [1.54, 1.807) is 18.5 Å². The average Bonchev–Trinajstić information content (AvgIpc) is 2.78. The van der Waals surface area contributed by atoms with E-state index in [0.717, 1.165) is 0 Å². The molecule has 0 bridgehead atoms. The molecule has 0 saturated heterocycles. The van der Waals surface area contributed by atoms with E-state index < -0.39 is 6.04 Å². The van der Waals surface area contributed by atoms with Gasteiger partial charge in [0.25, 0.3) is 0 Å². The van der Waals surface area contributed by atoms with Crippen molar-refractivity contribution >= 4 is 0 Å². The Hall–Kier alpha value is -1.86. The van der Waals surface area contributed by atoms with Crippen LogP contribution in [0.25, 0.3) is 11.6 Å². The van der Waals surface area contributed by atoms with Crippen molar-refractivity contribution in [1.29, 1.82) is 0 Å². The van der Waals surface area contributed by atoms with Crippen molar-refractivity contribution in [2.24, 2.45) is 5.73 Å². The van der Waals surface area contributed by atoms with Crippen molar-refractivity contribution in [1.82, 2.24) is 20.1 Å². The van der Waals surface area contributed by atoms with Gasteiger partial charge in [-0.1, -0.05) is 5.16 Å². The molecule has 1 unspecified atom stereocenters. The van der Waals surface area contributed by atoms with Crippen LogP contribution in [0.5, 0.6) is 0 Å². The molecule has 3 N–H and O–H groups in total. The highest BCUT2D eigenvalue weighted by Gasteiger charge is 2.15. The fourth-order valence-corrected chi connectivity index (χ4v) is 0.969. The summed E-state index contributed by atoms with van der Waals surface area (Å²) in [6.07, 6.45) is 3.15. The molecule has 0 aliphatic rings. The van der Waals surface area contributed by atoms with Gasteiger partial charge in [-0.05, 0) is 6.07 Å². The number of nitrogens with zero attached hydrogens (tertiary/aromatic N) is 4. The number of aliphatic hydroxyl groups excluding tert-OH is 1. The van der Waals surface area contributed by atoms with Crippen LogP contribution in [0.2, 0.25) is 0 Å². The van der Waals surface area contributed by atoms with Gasteiger partial charge in [0.15, 0.2) is 0 Å². The molecular weight excluding hydrogens is 198 g/mol. The molecule has 0 spiro atoms. The molecule has 7 nitrogen and oxygen atoms in total. The Morgan fingerprint density at radius 2 is 2.07 bits per heavy atom. The van der Waals surface area contributed by atoms with E-state index in [2.05, 4.69) is 20.1 Å². The zero-order valence-corrected chi connectivity index (χ0v) is 7.74. The van der Waals surface area contributed by atoms with Gasteiger partial charge < -0.3 is 15.4 Å². The van der Waals surface area contributed by atoms with E-state index in [1.165, 1.54) is 0 Å². The van der Waals surface area contributed by atoms with Crippen molar-refractivity contribution in [2.75, 3.05) is 6.61 Å². The Labute approximate surface area is 85.0 Å². The number of rotatable bonds is 3. The maximum Gasteiger partial charge on any atom is 0.246 e. The molecule has 15 heavy (non-hydrogen) atoms. The first-order valence-electron chi connectivity index (χ1n) is 4.28. The second-order valence-corrected chi connectivity index (χ2v) is 2.82. The molecule has 2 heterocycles. The molecule has 1 atom stereocenters. The topological polar surface area (TPSA) is 111 Å². The van der Waals surface area contributed by atoms with Gasteiger partial charge in [0.1, 0.15) is 6.04 Å². The molecule has 78 valence electrons. The largest absolute Gasteiger partial charge is 0.394 e. The Bertz CT molecular complexity index is 430. The van der Waals surface area contributed by atoms with Gasteiger partial charge in [-0.2, -0.15) is 4.98 Å². The van der Waals surface area contributed by atoms with Crippen LogP contribution in [0.1, 0.15) is 11.9 Å². The van der Waals surface area contributed by atoms with Crippen LogP contribution in [0.3, 0.4) is 0 Å². The third kappa shape index (κ3) is 1.97. The Balaban J connectivity index is 2.28. The molecule has 2 aromatic rings. The minimum atomic E-state index is -0.671. The lowest BCUT2D eigenvalue weighted by molar-refractivity contribution is 0.237. The van der Waals surface area contributed by atoms with Crippen molar-refractivity contribution < 1.29 is 9.63 Å². The maximum atomic E-state index is 8.78. The second kappa shape index (κ2) is 4.11. The van der Waals surface area contributed by atoms with Crippen molar-refractivity contribution in [3.05, 3.63) is 24.4 Å². The van der Waals surface area contributed by atoms with Gasteiger partial charge in [-0.15, -0.1) is 0 Å². The fourth-order valence-electron chi connectivity index (χ4n) is 0.969. The van der Waals surface area contributed by atoms with Crippen LogP contribution in [0.15, 0.2) is 23.0 Å². The first-order valence-corrected chi connectivity index (χ1v) is 4.28. The van der Waals surface area contributed by atoms with Crippen LogP contribution >= 0.6 is 0 Å². The van der Waals surface area contributed by atoms with E-state index in [4.69, 9.17) is 15.4 Å². The lowest BCUT2D eigenvalue weighted by Gasteiger charge is -1.98. The quantitative estimate of drug-likeness (QED) is 0.699. The number of hydrogen-bond acceptors (Lipinski definition) is 7. The molecule has 0 aliphatic carbocycles. The first kappa shape index (κ1) is 9.69. The van der Waals surface area contributed by atoms with Gasteiger partial charge in [-0.25, -0.2) is 9.97 Å². The molecule has 0 saturated carbocycles. The van der Waals surface area contributed by atoms with E-state index in [0.29, 0.717) is 5.82 Å². The molecule has 0 fully saturated rings. The summed E-state index contributed by atoms with van der Waals surface area (Å²) in [7, 11) is 0. The molecule has 0 radical (unpaired) electrons. The second-order valence-electron chi connectivity index (χ2n) is 2.82. The van der Waals surface area contributed by atoms with Gasteiger partial charge in [0.2, 0.25) is 17.5 Å². The summed E-state index contributed by atoms with van der Waals surface area (Å²) >= 11 is 0. The van der Waals surface area contributed by atoms with Gasteiger partial charge >= 0.3 is 0 Å². The van der Waals surface area contributed by atoms with E-state index in [-0.39, 0.29) is 18.3 Å². The fraction of sp³-hybridized carbons (Fsp3) is 0.250. The number of aromatic nitrogens is 4. The number of nitrogens with two attached hydrogens (primary N) is 1. The SMILES string of the molecule is NC(CO)c1nc(-c2ncccn2)no1. The highest BCUT2D eigenvalue weighted by atomic mass is 16.5. The zero-order chi connectivity index (χ0) is 10.7. The number of aliphatic hydroxyl groups is 1. The minimum Gasteiger partial charge on any atom is -0.394 e. The van der Waals surface area contributed by atoms with Gasteiger partial charge in [0, 0.05) is 12.4 Å². The predicted molar refractivity (Wildman–Crippen MR) is 49.3 cm³/mol. The summed E-state index contributed by atoms with van der Waals surface area (Å²) < 4.78 is 4.85. The van der Waals surface area contributed by atoms with Crippen molar-refractivity contribution in [2.45, 2.75) is 6.04 Å². The maximum absolute atomic E-state index is 8.78. The third-order valence-corrected chi connectivity index (χ3v) is 1.72. The van der Waals surface area contributed by atoms with Crippen molar-refractivity contribution in [3.8, 4) is 11.6 Å². The Morgan fingerprint density at radius 1 is 1.33 bits per heavy atom. The molecule has 0 aromatic carbocycles. The van der Waals surface area contributed by atoms with Crippen LogP contribution in [-0.4, -0.2) is 31.8 Å². The summed E-state index contributed by atoms with van der Waals surface area (Å²) in [6, 6.07) is 1.01. The minimum absolute atomic E-state index is 0.167. The molecule has 0 aliphatic heterocycles. The predicted octanol–water partition coefficient (Wildman–Crippen LogP) is -0.481. The zero-order valence-electron chi connectivity index (χ0n) is 7.74. The monoisotopic (exact) mass is 207 g/mol. The highest BCUT2D eigenvalue weighted by molar-refractivity contribution is 5.40. The summed E-state index contributed by atoms with van der Waals surface area (Å²) in [6.45, 7) is -0.253. The summed E-state index contributed by atoms with van der Waals surface area (Å²) in [5.41, 5.74) is 5.50. The highest BCUT2D eigenvalue weighted by Crippen LogP contribution is 2.12.